The van der Waals surface area contributed by atoms with Crippen molar-refractivity contribution in [2.75, 3.05) is 43.9 Å². The van der Waals surface area contributed by atoms with Crippen LogP contribution in [0.1, 0.15) is 19.5 Å². The first kappa shape index (κ1) is 24.0. The molecule has 0 saturated carbocycles. The molecule has 1 aliphatic heterocycles. The highest BCUT2D eigenvalue weighted by Crippen LogP contribution is 2.15. The van der Waals surface area contributed by atoms with Gasteiger partial charge in [-0.15, -0.1) is 0 Å². The molecule has 1 saturated heterocycles. The van der Waals surface area contributed by atoms with Crippen molar-refractivity contribution in [3.05, 3.63) is 52.4 Å². The highest BCUT2D eigenvalue weighted by atomic mass is 16.5. The number of piperazine rings is 1. The molecular formula is C23H29N5O5. The average molecular weight is 456 g/mol. The Hall–Kier alpha value is -3.66. The molecule has 1 fully saturated rings. The van der Waals surface area contributed by atoms with Crippen LogP contribution < -0.4 is 20.8 Å². The molecule has 0 radical (unpaired) electrons. The summed E-state index contributed by atoms with van der Waals surface area (Å²) in [6.45, 7) is 6.09. The largest absolute Gasteiger partial charge is 0.491 e. The minimum atomic E-state index is -0.268. The Balaban J connectivity index is 1.70. The highest BCUT2D eigenvalue weighted by molar-refractivity contribution is 5.92. The Bertz CT molecular complexity index is 1070. The third-order valence-electron chi connectivity index (χ3n) is 5.41. The van der Waals surface area contributed by atoms with Crippen molar-refractivity contribution in [1.82, 2.24) is 14.4 Å². The van der Waals surface area contributed by atoms with Crippen LogP contribution in [0.2, 0.25) is 0 Å². The summed E-state index contributed by atoms with van der Waals surface area (Å²) in [5, 5.41) is 5.50. The van der Waals surface area contributed by atoms with Gasteiger partial charge >= 0.3 is 0 Å². The van der Waals surface area contributed by atoms with Crippen LogP contribution in [0.4, 0.5) is 11.4 Å². The molecule has 2 heterocycles. The summed E-state index contributed by atoms with van der Waals surface area (Å²) in [6, 6.07) is 8.29. The van der Waals surface area contributed by atoms with Gasteiger partial charge < -0.3 is 24.8 Å². The summed E-state index contributed by atoms with van der Waals surface area (Å²) in [7, 11) is 1.42. The number of hydrogen-bond acceptors (Lipinski definition) is 6. The van der Waals surface area contributed by atoms with Gasteiger partial charge in [0.2, 0.25) is 23.2 Å². The summed E-state index contributed by atoms with van der Waals surface area (Å²) in [5.74, 6) is -0.227. The third kappa shape index (κ3) is 6.66. The van der Waals surface area contributed by atoms with Gasteiger partial charge in [-0.05, 0) is 24.3 Å². The summed E-state index contributed by atoms with van der Waals surface area (Å²) < 4.78 is 6.87. The van der Waals surface area contributed by atoms with Crippen LogP contribution in [-0.2, 0) is 27.5 Å². The van der Waals surface area contributed by atoms with Gasteiger partial charge in [0.05, 0.1) is 13.3 Å². The molecule has 2 N–H and O–H groups in total. The van der Waals surface area contributed by atoms with Crippen molar-refractivity contribution >= 4 is 29.1 Å². The van der Waals surface area contributed by atoms with Crippen molar-refractivity contribution in [3.63, 3.8) is 0 Å². The van der Waals surface area contributed by atoms with Gasteiger partial charge in [0, 0.05) is 69.7 Å². The number of pyridine rings is 1. The van der Waals surface area contributed by atoms with E-state index in [0.29, 0.717) is 49.8 Å². The van der Waals surface area contributed by atoms with Crippen molar-refractivity contribution < 1.29 is 19.1 Å². The number of methoxy groups -OCH3 is 1. The zero-order chi connectivity index (χ0) is 24.0. The molecule has 0 spiro atoms. The fourth-order valence-electron chi connectivity index (χ4n) is 3.68. The predicted octanol–water partition coefficient (Wildman–Crippen LogP) is 1.12. The lowest BCUT2D eigenvalue weighted by Crippen LogP contribution is -2.47. The molecule has 0 bridgehead atoms. The number of hydrogen-bond donors (Lipinski definition) is 2. The highest BCUT2D eigenvalue weighted by Gasteiger charge is 2.20. The molecule has 10 nitrogen and oxygen atoms in total. The lowest BCUT2D eigenvalue weighted by atomic mass is 10.2. The number of nitrogens with zero attached hydrogens (tertiary/aromatic N) is 3. The molecule has 1 aromatic heterocycles. The first-order chi connectivity index (χ1) is 15.7. The summed E-state index contributed by atoms with van der Waals surface area (Å²) in [5.41, 5.74) is 1.66. The van der Waals surface area contributed by atoms with Crippen molar-refractivity contribution in [3.8, 4) is 5.75 Å². The van der Waals surface area contributed by atoms with E-state index in [1.54, 1.807) is 46.9 Å². The number of carbonyl (C=O) groups is 3. The van der Waals surface area contributed by atoms with E-state index in [4.69, 9.17) is 4.74 Å². The van der Waals surface area contributed by atoms with Crippen LogP contribution in [-0.4, -0.2) is 65.4 Å². The first-order valence-corrected chi connectivity index (χ1v) is 10.7. The van der Waals surface area contributed by atoms with E-state index in [-0.39, 0.29) is 35.4 Å². The van der Waals surface area contributed by atoms with Gasteiger partial charge in [-0.1, -0.05) is 0 Å². The molecule has 3 amide bonds. The molecule has 1 aromatic carbocycles. The standard InChI is InChI=1S/C23H29N5O5/c1-16(29)24-18-4-6-19(7-5-18)25-23(32)15-28-14-22(33-3)21(31)12-20(28)13-26-8-10-27(11-9-26)17(2)30/h4-7,12,14H,8-11,13,15H2,1-3H3,(H,24,29)(H,25,32). The fraction of sp³-hybridized carbons (Fsp3) is 0.391. The van der Waals surface area contributed by atoms with E-state index >= 15 is 0 Å². The molecule has 176 valence electrons. The van der Waals surface area contributed by atoms with E-state index in [2.05, 4.69) is 15.5 Å². The van der Waals surface area contributed by atoms with E-state index in [1.807, 2.05) is 0 Å². The smallest absolute Gasteiger partial charge is 0.244 e. The zero-order valence-electron chi connectivity index (χ0n) is 19.1. The number of aromatic nitrogens is 1. The topological polar surface area (TPSA) is 113 Å². The van der Waals surface area contributed by atoms with Crippen LogP contribution in [0.5, 0.6) is 5.75 Å². The average Bonchev–Trinajstić information content (AvgIpc) is 2.77. The van der Waals surface area contributed by atoms with Crippen molar-refractivity contribution in [2.45, 2.75) is 26.9 Å². The maximum atomic E-state index is 12.7. The Morgan fingerprint density at radius 3 is 2.12 bits per heavy atom. The Kier molecular flexibility index (Phi) is 7.83. The molecule has 0 unspecified atom stereocenters. The Morgan fingerprint density at radius 2 is 1.58 bits per heavy atom. The molecule has 33 heavy (non-hydrogen) atoms. The lowest BCUT2D eigenvalue weighted by Gasteiger charge is -2.34. The van der Waals surface area contributed by atoms with Gasteiger partial charge in [0.15, 0.2) is 5.75 Å². The molecule has 10 heteroatoms. The van der Waals surface area contributed by atoms with Gasteiger partial charge in [-0.25, -0.2) is 0 Å². The maximum Gasteiger partial charge on any atom is 0.244 e. The predicted molar refractivity (Wildman–Crippen MR) is 124 cm³/mol. The minimum absolute atomic E-state index is 0.00711. The molecule has 1 aliphatic rings. The number of rotatable bonds is 7. The minimum Gasteiger partial charge on any atom is -0.491 e. The summed E-state index contributed by atoms with van der Waals surface area (Å²) in [6.07, 6.45) is 1.54. The first-order valence-electron chi connectivity index (χ1n) is 10.7. The summed E-state index contributed by atoms with van der Waals surface area (Å²) >= 11 is 0. The van der Waals surface area contributed by atoms with Crippen LogP contribution in [0.3, 0.4) is 0 Å². The molecular weight excluding hydrogens is 426 g/mol. The second-order valence-electron chi connectivity index (χ2n) is 7.91. The van der Waals surface area contributed by atoms with Gasteiger partial charge in [0.1, 0.15) is 6.54 Å². The molecule has 2 aromatic rings. The van der Waals surface area contributed by atoms with Crippen LogP contribution in [0.15, 0.2) is 41.3 Å². The van der Waals surface area contributed by atoms with Crippen LogP contribution >= 0.6 is 0 Å². The monoisotopic (exact) mass is 455 g/mol. The third-order valence-corrected chi connectivity index (χ3v) is 5.41. The van der Waals surface area contributed by atoms with Gasteiger partial charge in [0.25, 0.3) is 0 Å². The Morgan fingerprint density at radius 1 is 0.970 bits per heavy atom. The second kappa shape index (κ2) is 10.8. The lowest BCUT2D eigenvalue weighted by molar-refractivity contribution is -0.130. The van der Waals surface area contributed by atoms with Crippen molar-refractivity contribution in [1.29, 1.82) is 0 Å². The number of ether oxygens (including phenoxy) is 1. The second-order valence-corrected chi connectivity index (χ2v) is 7.91. The quantitative estimate of drug-likeness (QED) is 0.647. The number of carbonyl (C=O) groups excluding carboxylic acids is 3. The number of amides is 3. The SMILES string of the molecule is COc1cn(CC(=O)Nc2ccc(NC(C)=O)cc2)c(CN2CCN(C(C)=O)CC2)cc1=O. The fourth-order valence-corrected chi connectivity index (χ4v) is 3.68. The number of benzene rings is 1. The molecule has 0 aliphatic carbocycles. The maximum absolute atomic E-state index is 12.7. The van der Waals surface area contributed by atoms with Crippen LogP contribution in [0, 0.1) is 0 Å². The summed E-state index contributed by atoms with van der Waals surface area (Å²) in [4.78, 5) is 51.7. The normalized spacial score (nSPS) is 14.0. The molecule has 3 rings (SSSR count). The van der Waals surface area contributed by atoms with Gasteiger partial charge in [-0.3, -0.25) is 24.1 Å². The van der Waals surface area contributed by atoms with E-state index < -0.39 is 0 Å². The Labute approximate surface area is 192 Å². The van der Waals surface area contributed by atoms with Crippen LogP contribution in [0.25, 0.3) is 0 Å². The number of nitrogens with one attached hydrogen (secondary N) is 2. The van der Waals surface area contributed by atoms with E-state index in [0.717, 1.165) is 0 Å². The van der Waals surface area contributed by atoms with Gasteiger partial charge in [-0.2, -0.15) is 0 Å². The van der Waals surface area contributed by atoms with Crippen molar-refractivity contribution in [2.24, 2.45) is 0 Å². The van der Waals surface area contributed by atoms with E-state index in [1.165, 1.54) is 20.1 Å². The zero-order valence-corrected chi connectivity index (χ0v) is 19.1. The van der Waals surface area contributed by atoms with E-state index in [9.17, 15) is 19.2 Å². The number of anilines is 2. The molecule has 0 atom stereocenters.